The predicted molar refractivity (Wildman–Crippen MR) is 74.6 cm³/mol. The van der Waals surface area contributed by atoms with Crippen LogP contribution in [0.5, 0.6) is 0 Å². The molecular formula is C12H17BrN2O2S. The normalized spacial score (nSPS) is 19.5. The first-order valence-corrected chi connectivity index (χ1v) is 8.15. The minimum atomic E-state index is -3.52. The Hall–Kier alpha value is -0.430. The zero-order chi connectivity index (χ0) is 13.4. The van der Waals surface area contributed by atoms with Gasteiger partial charge in [-0.2, -0.15) is 0 Å². The third-order valence-corrected chi connectivity index (χ3v) is 5.48. The molecule has 0 amide bonds. The highest BCUT2D eigenvalue weighted by molar-refractivity contribution is 9.10. The topological polar surface area (TPSA) is 72.2 Å². The van der Waals surface area contributed by atoms with E-state index < -0.39 is 15.6 Å². The molecule has 6 heteroatoms. The standard InChI is InChI=1S/C12H17BrN2O2S/c1-12(8-14,9-5-6-9)15-18(16,17)11-4-2-3-10(13)7-11/h2-4,7,9,15H,5-6,8,14H2,1H3. The van der Waals surface area contributed by atoms with E-state index >= 15 is 0 Å². The largest absolute Gasteiger partial charge is 0.329 e. The van der Waals surface area contributed by atoms with Gasteiger partial charge in [0.05, 0.1) is 4.90 Å². The Bertz CT molecular complexity index is 543. The summed E-state index contributed by atoms with van der Waals surface area (Å²) in [6, 6.07) is 6.67. The lowest BCUT2D eigenvalue weighted by Crippen LogP contribution is -2.52. The van der Waals surface area contributed by atoms with Gasteiger partial charge in [0.25, 0.3) is 0 Å². The van der Waals surface area contributed by atoms with Crippen molar-refractivity contribution in [3.8, 4) is 0 Å². The molecule has 1 atom stereocenters. The van der Waals surface area contributed by atoms with Gasteiger partial charge >= 0.3 is 0 Å². The molecule has 0 spiro atoms. The molecule has 18 heavy (non-hydrogen) atoms. The molecule has 0 heterocycles. The van der Waals surface area contributed by atoms with Crippen LogP contribution >= 0.6 is 15.9 Å². The van der Waals surface area contributed by atoms with Gasteiger partial charge in [-0.1, -0.05) is 22.0 Å². The summed E-state index contributed by atoms with van der Waals surface area (Å²) in [5.74, 6) is 0.351. The molecule has 1 aromatic rings. The van der Waals surface area contributed by atoms with Crippen molar-refractivity contribution in [2.45, 2.75) is 30.2 Å². The average Bonchev–Trinajstić information content (AvgIpc) is 3.12. The SMILES string of the molecule is CC(CN)(NS(=O)(=O)c1cccc(Br)c1)C1CC1. The predicted octanol–water partition coefficient (Wildman–Crippen LogP) is 1.85. The van der Waals surface area contributed by atoms with Crippen molar-refractivity contribution in [1.82, 2.24) is 4.72 Å². The van der Waals surface area contributed by atoms with Gasteiger partial charge in [-0.05, 0) is 43.9 Å². The third-order valence-electron chi connectivity index (χ3n) is 3.38. The Kier molecular flexibility index (Phi) is 3.82. The minimum Gasteiger partial charge on any atom is -0.329 e. The molecule has 0 bridgehead atoms. The number of benzene rings is 1. The van der Waals surface area contributed by atoms with E-state index in [0.717, 1.165) is 17.3 Å². The molecule has 1 aromatic carbocycles. The fraction of sp³-hybridized carbons (Fsp3) is 0.500. The molecule has 0 aliphatic heterocycles. The molecule has 0 radical (unpaired) electrons. The second kappa shape index (κ2) is 4.92. The summed E-state index contributed by atoms with van der Waals surface area (Å²) in [4.78, 5) is 0.261. The highest BCUT2D eigenvalue weighted by Gasteiger charge is 2.43. The van der Waals surface area contributed by atoms with E-state index in [-0.39, 0.29) is 4.90 Å². The fourth-order valence-electron chi connectivity index (χ4n) is 2.01. The second-order valence-electron chi connectivity index (χ2n) is 4.96. The molecule has 3 N–H and O–H groups in total. The van der Waals surface area contributed by atoms with E-state index in [0.29, 0.717) is 12.5 Å². The first kappa shape index (κ1) is 14.0. The molecule has 1 saturated carbocycles. The van der Waals surface area contributed by atoms with Crippen LogP contribution in [0.3, 0.4) is 0 Å². The highest BCUT2D eigenvalue weighted by atomic mass is 79.9. The molecule has 4 nitrogen and oxygen atoms in total. The zero-order valence-electron chi connectivity index (χ0n) is 10.2. The Balaban J connectivity index is 2.26. The van der Waals surface area contributed by atoms with Crippen LogP contribution in [0.4, 0.5) is 0 Å². The van der Waals surface area contributed by atoms with Crippen LogP contribution in [0.15, 0.2) is 33.6 Å². The van der Waals surface area contributed by atoms with E-state index in [4.69, 9.17) is 5.73 Å². The summed E-state index contributed by atoms with van der Waals surface area (Å²) >= 11 is 3.28. The van der Waals surface area contributed by atoms with Crippen LogP contribution < -0.4 is 10.5 Å². The average molecular weight is 333 g/mol. The van der Waals surface area contributed by atoms with Gasteiger partial charge in [0.1, 0.15) is 0 Å². The Morgan fingerprint density at radius 2 is 2.17 bits per heavy atom. The Morgan fingerprint density at radius 1 is 1.50 bits per heavy atom. The van der Waals surface area contributed by atoms with Crippen molar-refractivity contribution in [1.29, 1.82) is 0 Å². The van der Waals surface area contributed by atoms with Gasteiger partial charge in [-0.15, -0.1) is 0 Å². The maximum Gasteiger partial charge on any atom is 0.241 e. The van der Waals surface area contributed by atoms with Crippen LogP contribution in [0.25, 0.3) is 0 Å². The number of nitrogens with one attached hydrogen (secondary N) is 1. The number of nitrogens with two attached hydrogens (primary N) is 1. The van der Waals surface area contributed by atoms with Gasteiger partial charge < -0.3 is 5.73 Å². The van der Waals surface area contributed by atoms with Gasteiger partial charge in [-0.25, -0.2) is 13.1 Å². The van der Waals surface area contributed by atoms with Crippen LogP contribution in [0.2, 0.25) is 0 Å². The number of rotatable bonds is 5. The second-order valence-corrected chi connectivity index (χ2v) is 7.56. The lowest BCUT2D eigenvalue weighted by molar-refractivity contribution is 0.374. The summed E-state index contributed by atoms with van der Waals surface area (Å²) in [7, 11) is -3.52. The Morgan fingerprint density at radius 3 is 2.67 bits per heavy atom. The number of hydrogen-bond donors (Lipinski definition) is 2. The minimum absolute atomic E-state index is 0.261. The lowest BCUT2D eigenvalue weighted by atomic mass is 9.98. The van der Waals surface area contributed by atoms with E-state index in [1.165, 1.54) is 0 Å². The zero-order valence-corrected chi connectivity index (χ0v) is 12.6. The van der Waals surface area contributed by atoms with Crippen molar-refractivity contribution in [3.05, 3.63) is 28.7 Å². The van der Waals surface area contributed by atoms with Crippen molar-refractivity contribution >= 4 is 26.0 Å². The summed E-state index contributed by atoms with van der Waals surface area (Å²) in [6.07, 6.45) is 2.07. The van der Waals surface area contributed by atoms with Gasteiger partial charge in [0, 0.05) is 16.6 Å². The Labute approximate surface area is 116 Å². The lowest BCUT2D eigenvalue weighted by Gasteiger charge is -2.29. The number of sulfonamides is 1. The summed E-state index contributed by atoms with van der Waals surface area (Å²) in [6.45, 7) is 2.19. The molecule has 2 rings (SSSR count). The summed E-state index contributed by atoms with van der Waals surface area (Å²) in [5.41, 5.74) is 5.19. The molecule has 0 aromatic heterocycles. The fourth-order valence-corrected chi connectivity index (χ4v) is 4.08. The molecule has 1 aliphatic rings. The van der Waals surface area contributed by atoms with Crippen LogP contribution in [0.1, 0.15) is 19.8 Å². The monoisotopic (exact) mass is 332 g/mol. The highest BCUT2D eigenvalue weighted by Crippen LogP contribution is 2.39. The molecule has 1 aliphatic carbocycles. The first-order chi connectivity index (χ1) is 8.37. The van der Waals surface area contributed by atoms with E-state index in [2.05, 4.69) is 20.7 Å². The molecule has 100 valence electrons. The van der Waals surface area contributed by atoms with Gasteiger partial charge in [-0.3, -0.25) is 0 Å². The summed E-state index contributed by atoms with van der Waals surface area (Å²) < 4.78 is 28.1. The maximum absolute atomic E-state index is 12.3. The number of halogens is 1. The van der Waals surface area contributed by atoms with Gasteiger partial charge in [0.2, 0.25) is 10.0 Å². The molecule has 0 saturated heterocycles. The maximum atomic E-state index is 12.3. The van der Waals surface area contributed by atoms with Crippen molar-refractivity contribution in [3.63, 3.8) is 0 Å². The molecule has 1 fully saturated rings. The van der Waals surface area contributed by atoms with Crippen LogP contribution in [-0.2, 0) is 10.0 Å². The smallest absolute Gasteiger partial charge is 0.241 e. The molecular weight excluding hydrogens is 316 g/mol. The third kappa shape index (κ3) is 2.93. The van der Waals surface area contributed by atoms with Crippen molar-refractivity contribution in [2.75, 3.05) is 6.54 Å². The van der Waals surface area contributed by atoms with E-state index in [9.17, 15) is 8.42 Å². The molecule has 1 unspecified atom stereocenters. The first-order valence-electron chi connectivity index (χ1n) is 5.87. The van der Waals surface area contributed by atoms with Crippen LogP contribution in [0, 0.1) is 5.92 Å². The van der Waals surface area contributed by atoms with E-state index in [1.54, 1.807) is 24.3 Å². The van der Waals surface area contributed by atoms with Crippen LogP contribution in [-0.4, -0.2) is 20.5 Å². The van der Waals surface area contributed by atoms with Crippen molar-refractivity contribution in [2.24, 2.45) is 11.7 Å². The summed E-state index contributed by atoms with van der Waals surface area (Å²) in [5, 5.41) is 0. The van der Waals surface area contributed by atoms with E-state index in [1.807, 2.05) is 6.92 Å². The van der Waals surface area contributed by atoms with Gasteiger partial charge in [0.15, 0.2) is 0 Å². The quantitative estimate of drug-likeness (QED) is 0.864. The number of hydrogen-bond acceptors (Lipinski definition) is 3. The van der Waals surface area contributed by atoms with Crippen molar-refractivity contribution < 1.29 is 8.42 Å².